The van der Waals surface area contributed by atoms with E-state index in [-0.39, 0.29) is 21.2 Å². The lowest BCUT2D eigenvalue weighted by atomic mass is 10.1. The molecule has 0 aliphatic carbocycles. The van der Waals surface area contributed by atoms with Crippen LogP contribution in [0.5, 0.6) is 0 Å². The van der Waals surface area contributed by atoms with Gasteiger partial charge < -0.3 is 5.73 Å². The number of nitrogens with two attached hydrogens (primary N) is 1. The van der Waals surface area contributed by atoms with Crippen LogP contribution in [0.2, 0.25) is 0 Å². The number of nitro benzene ring substituents is 2. The number of rotatable bonds is 10. The van der Waals surface area contributed by atoms with Gasteiger partial charge in [-0.3, -0.25) is 39.8 Å². The smallest absolute Gasteiger partial charge is 0.270 e. The Balaban J connectivity index is 0.000000146. The minimum atomic E-state index is -0.387. The number of hydrogen-bond donors (Lipinski definition) is 3. The summed E-state index contributed by atoms with van der Waals surface area (Å²) >= 11 is 0. The molecule has 0 aliphatic rings. The molecular weight excluding hydrogens is 723 g/mol. The molecule has 0 aliphatic heterocycles. The maximum Gasteiger partial charge on any atom is 0.270 e. The topological polar surface area (TPSA) is 205 Å². The molecule has 4 aromatic carbocycles. The number of para-hydroxylation sites is 1. The molecule has 4 N–H and O–H groups in total. The van der Waals surface area contributed by atoms with E-state index in [4.69, 9.17) is 5.73 Å². The Morgan fingerprint density at radius 3 is 1.58 bits per heavy atom. The van der Waals surface area contributed by atoms with Crippen LogP contribution in [0.3, 0.4) is 0 Å². The summed E-state index contributed by atoms with van der Waals surface area (Å²) in [6, 6.07) is 23.7. The highest BCUT2D eigenvalue weighted by atomic mass is 16.6. The van der Waals surface area contributed by atoms with Crippen molar-refractivity contribution in [3.05, 3.63) is 122 Å². The molecule has 0 spiro atoms. The van der Waals surface area contributed by atoms with Crippen molar-refractivity contribution >= 4 is 60.7 Å². The fraction of sp³-hybridized carbons (Fsp3) is 0.333. The monoisotopic (exact) mass is 773 g/mol. The lowest BCUT2D eigenvalue weighted by Gasteiger charge is -1.95. The lowest BCUT2D eigenvalue weighted by Crippen LogP contribution is -1.91. The van der Waals surface area contributed by atoms with E-state index >= 15 is 0 Å². The maximum atomic E-state index is 10.7. The molecule has 0 atom stereocenters. The van der Waals surface area contributed by atoms with Gasteiger partial charge in [-0.2, -0.15) is 20.4 Å². The van der Waals surface area contributed by atoms with Gasteiger partial charge >= 0.3 is 0 Å². The zero-order valence-electron chi connectivity index (χ0n) is 33.5. The minimum absolute atomic E-state index is 0.112. The van der Waals surface area contributed by atoms with Crippen LogP contribution in [-0.2, 0) is 39.8 Å². The number of non-ortho nitro benzene ring substituents is 2. The van der Waals surface area contributed by atoms with E-state index in [1.807, 2.05) is 49.1 Å². The van der Waals surface area contributed by atoms with Gasteiger partial charge in [0.25, 0.3) is 11.4 Å². The Morgan fingerprint density at radius 1 is 0.579 bits per heavy atom. The van der Waals surface area contributed by atoms with E-state index in [1.54, 1.807) is 28.9 Å². The Bertz CT molecular complexity index is 2600. The van der Waals surface area contributed by atoms with Gasteiger partial charge in [0.2, 0.25) is 0 Å². The molecule has 0 bridgehead atoms. The number of nitrogen functional groups attached to an aromatic ring is 1. The highest BCUT2D eigenvalue weighted by molar-refractivity contribution is 5.86. The first-order chi connectivity index (χ1) is 27.5. The molecule has 15 nitrogen and oxygen atoms in total. The molecule has 0 fully saturated rings. The molecule has 8 aromatic rings. The van der Waals surface area contributed by atoms with Crippen molar-refractivity contribution < 1.29 is 9.85 Å². The standard InChI is InChI=1S/C11H13N3O2.C11H15N3.C10H11N3O2.C10H12N2/c1-3-4-10-9-7-8(14(15)16)5-6-11(9)13(2)12-10;1-3-4-10-9-7-8(12)5-6-11(9)14(2)13-10;1-2-3-9-8-6-7(13(14)15)4-5-10(8)12-11-9;1-2-5-9-8-6-3-4-7-10(8)12-11-9/h5-7H,3-4H2,1-2H3;5-7H,3-4,12H2,1-2H3;4-6H,2-3H2,1H3,(H,11,12);3-4,6-7H,2,5H2,1H3,(H,11,12). The number of aryl methyl sites for hydroxylation is 6. The van der Waals surface area contributed by atoms with Crippen LogP contribution in [-0.4, -0.2) is 49.8 Å². The van der Waals surface area contributed by atoms with Crippen LogP contribution >= 0.6 is 0 Å². The molecule has 15 heteroatoms. The first kappa shape index (κ1) is 41.5. The summed E-state index contributed by atoms with van der Waals surface area (Å²) < 4.78 is 3.68. The highest BCUT2D eigenvalue weighted by Crippen LogP contribution is 2.25. The molecule has 8 rings (SSSR count). The second-order valence-electron chi connectivity index (χ2n) is 13.8. The lowest BCUT2D eigenvalue weighted by molar-refractivity contribution is -0.384. The molecular formula is C42H51N11O4. The first-order valence-corrected chi connectivity index (χ1v) is 19.3. The van der Waals surface area contributed by atoms with Crippen LogP contribution < -0.4 is 5.73 Å². The average Bonchev–Trinajstić information content (AvgIpc) is 3.96. The van der Waals surface area contributed by atoms with Gasteiger partial charge in [-0.15, -0.1) is 0 Å². The third-order valence-corrected chi connectivity index (χ3v) is 9.41. The summed E-state index contributed by atoms with van der Waals surface area (Å²) in [6.45, 7) is 8.46. The number of nitrogens with one attached hydrogen (secondary N) is 2. The predicted octanol–water partition coefficient (Wildman–Crippen LogP) is 9.48. The van der Waals surface area contributed by atoms with Gasteiger partial charge in [0.05, 0.1) is 43.3 Å². The number of anilines is 1. The Kier molecular flexibility index (Phi) is 14.1. The fourth-order valence-corrected chi connectivity index (χ4v) is 6.70. The third-order valence-electron chi connectivity index (χ3n) is 9.41. The number of nitro groups is 2. The highest BCUT2D eigenvalue weighted by Gasteiger charge is 2.14. The van der Waals surface area contributed by atoms with E-state index in [1.165, 1.54) is 28.6 Å². The number of fused-ring (bicyclic) bond motifs is 4. The molecule has 0 saturated carbocycles. The van der Waals surface area contributed by atoms with E-state index in [0.717, 1.165) is 107 Å². The second kappa shape index (κ2) is 19.3. The molecule has 0 unspecified atom stereocenters. The second-order valence-corrected chi connectivity index (χ2v) is 13.8. The van der Waals surface area contributed by atoms with Gasteiger partial charge in [-0.05, 0) is 62.1 Å². The molecule has 0 amide bonds. The van der Waals surface area contributed by atoms with Crippen molar-refractivity contribution in [3.8, 4) is 0 Å². The number of hydrogen-bond acceptors (Lipinski definition) is 9. The van der Waals surface area contributed by atoms with Gasteiger partial charge in [0.15, 0.2) is 0 Å². The average molecular weight is 774 g/mol. The molecule has 4 heterocycles. The Hall–Kier alpha value is -6.64. The largest absolute Gasteiger partial charge is 0.399 e. The first-order valence-electron chi connectivity index (χ1n) is 19.3. The van der Waals surface area contributed by atoms with Crippen molar-refractivity contribution in [2.24, 2.45) is 14.1 Å². The fourth-order valence-electron chi connectivity index (χ4n) is 6.70. The summed E-state index contributed by atoms with van der Waals surface area (Å²) in [6.07, 6.45) is 8.04. The van der Waals surface area contributed by atoms with Gasteiger partial charge in [0, 0.05) is 77.0 Å². The molecule has 0 saturated heterocycles. The van der Waals surface area contributed by atoms with Crippen LogP contribution in [0.25, 0.3) is 43.6 Å². The zero-order valence-corrected chi connectivity index (χ0v) is 33.5. The van der Waals surface area contributed by atoms with Crippen molar-refractivity contribution in [1.82, 2.24) is 40.0 Å². The summed E-state index contributed by atoms with van der Waals surface area (Å²) in [5, 5.41) is 48.6. The number of H-pyrrole nitrogens is 2. The molecule has 57 heavy (non-hydrogen) atoms. The normalized spacial score (nSPS) is 10.8. The van der Waals surface area contributed by atoms with Crippen LogP contribution in [0.1, 0.15) is 76.2 Å². The summed E-state index contributed by atoms with van der Waals surface area (Å²) in [7, 11) is 3.82. The third kappa shape index (κ3) is 9.97. The zero-order chi connectivity index (χ0) is 41.1. The van der Waals surface area contributed by atoms with E-state index in [2.05, 4.69) is 70.4 Å². The van der Waals surface area contributed by atoms with Gasteiger partial charge in [-0.1, -0.05) is 71.6 Å². The summed E-state index contributed by atoms with van der Waals surface area (Å²) in [5.41, 5.74) is 15.1. The quantitative estimate of drug-likeness (QED) is 0.0686. The van der Waals surface area contributed by atoms with Crippen molar-refractivity contribution in [2.45, 2.75) is 79.1 Å². The number of aromatic nitrogens is 8. The predicted molar refractivity (Wildman–Crippen MR) is 227 cm³/mol. The Morgan fingerprint density at radius 2 is 1.04 bits per heavy atom. The summed E-state index contributed by atoms with van der Waals surface area (Å²) in [4.78, 5) is 20.5. The SMILES string of the molecule is CCCc1[nH]nc2ccc([N+](=O)[O-])cc12.CCCc1[nH]nc2ccccc12.CCCc1nn(C)c2ccc(N)cc12.CCCc1nn(C)c2ccc([N+](=O)[O-])cc12. The Labute approximate surface area is 330 Å². The number of benzene rings is 4. The molecule has 0 radical (unpaired) electrons. The van der Waals surface area contributed by atoms with Gasteiger partial charge in [-0.25, -0.2) is 0 Å². The van der Waals surface area contributed by atoms with Crippen LogP contribution in [0.4, 0.5) is 17.1 Å². The molecule has 298 valence electrons. The summed E-state index contributed by atoms with van der Waals surface area (Å²) in [5.74, 6) is 0. The van der Waals surface area contributed by atoms with Crippen molar-refractivity contribution in [1.29, 1.82) is 0 Å². The van der Waals surface area contributed by atoms with Crippen LogP contribution in [0.15, 0.2) is 78.9 Å². The van der Waals surface area contributed by atoms with Crippen LogP contribution in [0, 0.1) is 20.2 Å². The maximum absolute atomic E-state index is 10.7. The van der Waals surface area contributed by atoms with Crippen molar-refractivity contribution in [2.75, 3.05) is 5.73 Å². The van der Waals surface area contributed by atoms with E-state index in [9.17, 15) is 20.2 Å². The number of aromatic amines is 2. The molecule has 4 aromatic heterocycles. The van der Waals surface area contributed by atoms with E-state index in [0.29, 0.717) is 0 Å². The minimum Gasteiger partial charge on any atom is -0.399 e. The number of nitrogens with zero attached hydrogens (tertiary/aromatic N) is 8. The van der Waals surface area contributed by atoms with Crippen molar-refractivity contribution in [3.63, 3.8) is 0 Å². The van der Waals surface area contributed by atoms with E-state index < -0.39 is 0 Å². The van der Waals surface area contributed by atoms with Gasteiger partial charge in [0.1, 0.15) is 0 Å².